The van der Waals surface area contributed by atoms with Crippen molar-refractivity contribution in [2.75, 3.05) is 0 Å². The molecular formula is C20H19ClN2O4. The van der Waals surface area contributed by atoms with E-state index in [4.69, 9.17) is 32.5 Å². The molecule has 0 heterocycles. The van der Waals surface area contributed by atoms with Gasteiger partial charge in [0.25, 0.3) is 0 Å². The highest BCUT2D eigenvalue weighted by atomic mass is 35.5. The van der Waals surface area contributed by atoms with Gasteiger partial charge in [-0.1, -0.05) is 35.9 Å². The molecule has 0 saturated heterocycles. The normalized spacial score (nSPS) is 13.1. The first-order valence-corrected chi connectivity index (χ1v) is 8.52. The molecule has 3 aromatic rings. The maximum absolute atomic E-state index is 9.35. The first-order chi connectivity index (χ1) is 12.9. The summed E-state index contributed by atoms with van der Waals surface area (Å²) in [5.41, 5.74) is 12.0. The zero-order valence-corrected chi connectivity index (χ0v) is 15.0. The minimum Gasteiger partial charge on any atom is -0.457 e. The second kappa shape index (κ2) is 8.39. The molecule has 2 unspecified atom stereocenters. The van der Waals surface area contributed by atoms with E-state index in [0.717, 1.165) is 0 Å². The fourth-order valence-electron chi connectivity index (χ4n) is 2.39. The van der Waals surface area contributed by atoms with Gasteiger partial charge in [-0.05, 0) is 47.5 Å². The largest absolute Gasteiger partial charge is 0.457 e. The van der Waals surface area contributed by atoms with Gasteiger partial charge in [-0.15, -0.1) is 0 Å². The van der Waals surface area contributed by atoms with Crippen molar-refractivity contribution >= 4 is 11.6 Å². The smallest absolute Gasteiger partial charge is 0.132 e. The molecule has 6 nitrogen and oxygen atoms in total. The summed E-state index contributed by atoms with van der Waals surface area (Å²) in [5, 5.41) is 19.1. The molecule has 0 aliphatic carbocycles. The SMILES string of the molecule is NC(O)c1ccc(Oc2cc(Cl)cc(Oc3ccc(C(N)O)cc3)c2)cc1. The van der Waals surface area contributed by atoms with E-state index in [2.05, 4.69) is 0 Å². The van der Waals surface area contributed by atoms with E-state index in [1.54, 1.807) is 66.7 Å². The molecule has 3 rings (SSSR count). The molecule has 140 valence electrons. The van der Waals surface area contributed by atoms with Gasteiger partial charge in [0.2, 0.25) is 0 Å². The molecule has 0 amide bonds. The predicted molar refractivity (Wildman–Crippen MR) is 103 cm³/mol. The first-order valence-electron chi connectivity index (χ1n) is 8.14. The van der Waals surface area contributed by atoms with Crippen LogP contribution in [-0.2, 0) is 0 Å². The van der Waals surface area contributed by atoms with E-state index in [9.17, 15) is 10.2 Å². The average molecular weight is 387 g/mol. The molecule has 0 aliphatic heterocycles. The highest BCUT2D eigenvalue weighted by Crippen LogP contribution is 2.32. The lowest BCUT2D eigenvalue weighted by Crippen LogP contribution is -2.07. The standard InChI is InChI=1S/C20H19ClN2O4/c21-14-9-17(26-15-5-1-12(2-6-15)19(22)24)11-18(10-14)27-16-7-3-13(4-8-16)20(23)25/h1-11,19-20,24-25H,22-23H2. The highest BCUT2D eigenvalue weighted by Gasteiger charge is 2.07. The molecule has 0 spiro atoms. The van der Waals surface area contributed by atoms with E-state index in [-0.39, 0.29) is 0 Å². The molecule has 6 N–H and O–H groups in total. The van der Waals surface area contributed by atoms with Crippen LogP contribution in [-0.4, -0.2) is 10.2 Å². The van der Waals surface area contributed by atoms with Crippen LogP contribution in [0, 0.1) is 0 Å². The quantitative estimate of drug-likeness (QED) is 0.479. The molecule has 0 radical (unpaired) electrons. The summed E-state index contributed by atoms with van der Waals surface area (Å²) in [7, 11) is 0. The number of rotatable bonds is 6. The van der Waals surface area contributed by atoms with E-state index in [1.165, 1.54) is 0 Å². The van der Waals surface area contributed by atoms with E-state index in [1.807, 2.05) is 0 Å². The number of halogens is 1. The Morgan fingerprint density at radius 2 is 1.00 bits per heavy atom. The van der Waals surface area contributed by atoms with Gasteiger partial charge in [-0.25, -0.2) is 0 Å². The lowest BCUT2D eigenvalue weighted by atomic mass is 10.2. The third-order valence-electron chi connectivity index (χ3n) is 3.76. The van der Waals surface area contributed by atoms with Gasteiger partial charge in [-0.3, -0.25) is 0 Å². The van der Waals surface area contributed by atoms with Crippen LogP contribution in [0.15, 0.2) is 66.7 Å². The van der Waals surface area contributed by atoms with Crippen LogP contribution >= 0.6 is 11.6 Å². The Kier molecular flexibility index (Phi) is 5.95. The highest BCUT2D eigenvalue weighted by molar-refractivity contribution is 6.30. The summed E-state index contributed by atoms with van der Waals surface area (Å²) in [6.45, 7) is 0. The molecule has 0 fully saturated rings. The average Bonchev–Trinajstić information content (AvgIpc) is 2.62. The molecule has 0 saturated carbocycles. The number of hydrogen-bond acceptors (Lipinski definition) is 6. The van der Waals surface area contributed by atoms with Crippen LogP contribution < -0.4 is 20.9 Å². The predicted octanol–water partition coefficient (Wildman–Crippen LogP) is 3.82. The summed E-state index contributed by atoms with van der Waals surface area (Å²) in [4.78, 5) is 0. The number of aliphatic hydroxyl groups is 2. The summed E-state index contributed by atoms with van der Waals surface area (Å²) < 4.78 is 11.6. The summed E-state index contributed by atoms with van der Waals surface area (Å²) in [6.07, 6.45) is -2.06. The number of benzene rings is 3. The Labute approximate surface area is 161 Å². The van der Waals surface area contributed by atoms with Crippen molar-refractivity contribution in [2.45, 2.75) is 12.5 Å². The maximum Gasteiger partial charge on any atom is 0.132 e. The minimum absolute atomic E-state index is 0.450. The minimum atomic E-state index is -1.03. The molecular weight excluding hydrogens is 368 g/mol. The summed E-state index contributed by atoms with van der Waals surface area (Å²) in [5.74, 6) is 2.11. The van der Waals surface area contributed by atoms with Gasteiger partial charge in [0.05, 0.1) is 0 Å². The van der Waals surface area contributed by atoms with Gasteiger partial charge in [0, 0.05) is 11.1 Å². The molecule has 3 aromatic carbocycles. The van der Waals surface area contributed by atoms with Crippen LogP contribution in [0.4, 0.5) is 0 Å². The van der Waals surface area contributed by atoms with Crippen molar-refractivity contribution < 1.29 is 19.7 Å². The zero-order valence-electron chi connectivity index (χ0n) is 14.2. The van der Waals surface area contributed by atoms with Crippen molar-refractivity contribution in [1.29, 1.82) is 0 Å². The Morgan fingerprint density at radius 3 is 1.33 bits per heavy atom. The van der Waals surface area contributed by atoms with Gasteiger partial charge in [0.1, 0.15) is 35.5 Å². The van der Waals surface area contributed by atoms with Crippen molar-refractivity contribution in [2.24, 2.45) is 11.5 Å². The van der Waals surface area contributed by atoms with Crippen LogP contribution in [0.2, 0.25) is 5.02 Å². The molecule has 0 bridgehead atoms. The lowest BCUT2D eigenvalue weighted by Gasteiger charge is -2.12. The summed E-state index contributed by atoms with van der Waals surface area (Å²) >= 11 is 6.16. The monoisotopic (exact) mass is 386 g/mol. The Hall–Kier alpha value is -2.61. The van der Waals surface area contributed by atoms with Crippen molar-refractivity contribution in [3.8, 4) is 23.0 Å². The van der Waals surface area contributed by atoms with Crippen molar-refractivity contribution in [3.05, 3.63) is 82.9 Å². The molecule has 2 atom stereocenters. The van der Waals surface area contributed by atoms with Crippen LogP contribution in [0.25, 0.3) is 0 Å². The molecule has 27 heavy (non-hydrogen) atoms. The Morgan fingerprint density at radius 1 is 0.630 bits per heavy atom. The van der Waals surface area contributed by atoms with Crippen LogP contribution in [0.5, 0.6) is 23.0 Å². The Balaban J connectivity index is 1.75. The maximum atomic E-state index is 9.35. The second-order valence-corrected chi connectivity index (χ2v) is 6.29. The lowest BCUT2D eigenvalue weighted by molar-refractivity contribution is 0.186. The fraction of sp³-hybridized carbons (Fsp3) is 0.100. The first kappa shape index (κ1) is 19.2. The van der Waals surface area contributed by atoms with E-state index >= 15 is 0 Å². The van der Waals surface area contributed by atoms with Gasteiger partial charge < -0.3 is 31.2 Å². The molecule has 0 aliphatic rings. The van der Waals surface area contributed by atoms with Gasteiger partial charge in [-0.2, -0.15) is 0 Å². The van der Waals surface area contributed by atoms with Crippen molar-refractivity contribution in [3.63, 3.8) is 0 Å². The van der Waals surface area contributed by atoms with Gasteiger partial charge in [0.15, 0.2) is 0 Å². The molecule has 0 aromatic heterocycles. The third-order valence-corrected chi connectivity index (χ3v) is 3.98. The van der Waals surface area contributed by atoms with Crippen molar-refractivity contribution in [1.82, 2.24) is 0 Å². The number of nitrogens with two attached hydrogens (primary N) is 2. The zero-order chi connectivity index (χ0) is 19.4. The number of aliphatic hydroxyl groups excluding tert-OH is 2. The van der Waals surface area contributed by atoms with Gasteiger partial charge >= 0.3 is 0 Å². The number of ether oxygens (including phenoxy) is 2. The topological polar surface area (TPSA) is 111 Å². The second-order valence-electron chi connectivity index (χ2n) is 5.85. The number of hydrogen-bond donors (Lipinski definition) is 4. The third kappa shape index (κ3) is 5.19. The molecule has 7 heteroatoms. The van der Waals surface area contributed by atoms with Crippen LogP contribution in [0.1, 0.15) is 23.6 Å². The van der Waals surface area contributed by atoms with Crippen LogP contribution in [0.3, 0.4) is 0 Å². The fourth-order valence-corrected chi connectivity index (χ4v) is 2.61. The van der Waals surface area contributed by atoms with E-state index in [0.29, 0.717) is 39.1 Å². The Bertz CT molecular complexity index is 825. The summed E-state index contributed by atoms with van der Waals surface area (Å²) in [6, 6.07) is 18.5. The van der Waals surface area contributed by atoms with E-state index < -0.39 is 12.5 Å².